The molecule has 0 unspecified atom stereocenters. The fraction of sp³-hybridized carbons (Fsp3) is 0.600. The maximum Gasteiger partial charge on any atom is 0.254 e. The summed E-state index contributed by atoms with van der Waals surface area (Å²) in [6.07, 6.45) is 0. The van der Waals surface area contributed by atoms with E-state index in [2.05, 4.69) is 15.7 Å². The number of hydrogen-bond acceptors (Lipinski definition) is 4. The van der Waals surface area contributed by atoms with E-state index < -0.39 is 5.91 Å². The summed E-state index contributed by atoms with van der Waals surface area (Å²) in [5.41, 5.74) is 6.44. The molecule has 0 atom stereocenters. The number of nitrogens with zero attached hydrogens (tertiary/aromatic N) is 2. The Hall–Kier alpha value is -1.56. The molecule has 0 saturated carbocycles. The number of primary amides is 1. The van der Waals surface area contributed by atoms with E-state index in [1.165, 1.54) is 0 Å². The molecule has 0 spiro atoms. The Labute approximate surface area is 95.2 Å². The monoisotopic (exact) mass is 225 g/mol. The number of rotatable bonds is 6. The van der Waals surface area contributed by atoms with Gasteiger partial charge in [0.05, 0.1) is 5.69 Å². The molecule has 1 aromatic heterocycles. The summed E-state index contributed by atoms with van der Waals surface area (Å²) in [5, 5.41) is 10.5. The lowest BCUT2D eigenvalue weighted by molar-refractivity contribution is 0.100. The normalized spacial score (nSPS) is 10.4. The van der Waals surface area contributed by atoms with Gasteiger partial charge >= 0.3 is 0 Å². The maximum atomic E-state index is 11.3. The van der Waals surface area contributed by atoms with Crippen molar-refractivity contribution in [2.45, 2.75) is 13.8 Å². The van der Waals surface area contributed by atoms with E-state index in [-0.39, 0.29) is 0 Å². The van der Waals surface area contributed by atoms with Gasteiger partial charge in [-0.15, -0.1) is 0 Å². The minimum absolute atomic E-state index is 0.448. The van der Waals surface area contributed by atoms with Crippen LogP contribution in [0.3, 0.4) is 0 Å². The van der Waals surface area contributed by atoms with Crippen molar-refractivity contribution in [3.8, 4) is 0 Å². The molecule has 16 heavy (non-hydrogen) atoms. The smallest absolute Gasteiger partial charge is 0.254 e. The number of aromatic nitrogens is 2. The SMILES string of the molecule is CCNCCNc1c(C(N)=O)c(C)nn1C. The van der Waals surface area contributed by atoms with Crippen molar-refractivity contribution in [1.82, 2.24) is 15.1 Å². The van der Waals surface area contributed by atoms with Crippen LogP contribution >= 0.6 is 0 Å². The fourth-order valence-electron chi connectivity index (χ4n) is 1.60. The number of likely N-dealkylation sites (N-methyl/N-ethyl adjacent to an activating group) is 1. The van der Waals surface area contributed by atoms with Crippen LogP contribution in [0.4, 0.5) is 5.82 Å². The van der Waals surface area contributed by atoms with Crippen LogP contribution in [-0.4, -0.2) is 35.3 Å². The highest BCUT2D eigenvalue weighted by atomic mass is 16.1. The summed E-state index contributed by atoms with van der Waals surface area (Å²) in [7, 11) is 1.79. The summed E-state index contributed by atoms with van der Waals surface area (Å²) < 4.78 is 1.64. The van der Waals surface area contributed by atoms with E-state index in [4.69, 9.17) is 5.73 Å². The van der Waals surface area contributed by atoms with Crippen molar-refractivity contribution in [1.29, 1.82) is 0 Å². The van der Waals surface area contributed by atoms with Crippen LogP contribution in [0, 0.1) is 6.92 Å². The Balaban J connectivity index is 2.74. The molecule has 1 aromatic rings. The predicted octanol–water partition coefficient (Wildman–Crippen LogP) is -0.151. The molecule has 1 heterocycles. The van der Waals surface area contributed by atoms with Gasteiger partial charge in [-0.25, -0.2) is 0 Å². The minimum Gasteiger partial charge on any atom is -0.368 e. The van der Waals surface area contributed by atoms with E-state index >= 15 is 0 Å². The van der Waals surface area contributed by atoms with Gasteiger partial charge in [-0.2, -0.15) is 5.10 Å². The average molecular weight is 225 g/mol. The molecule has 0 radical (unpaired) electrons. The third kappa shape index (κ3) is 2.73. The second kappa shape index (κ2) is 5.50. The molecule has 1 rings (SSSR count). The van der Waals surface area contributed by atoms with Gasteiger partial charge in [-0.05, 0) is 13.5 Å². The largest absolute Gasteiger partial charge is 0.368 e. The highest BCUT2D eigenvalue weighted by Gasteiger charge is 2.17. The van der Waals surface area contributed by atoms with E-state index in [1.54, 1.807) is 18.7 Å². The molecule has 4 N–H and O–H groups in total. The lowest BCUT2D eigenvalue weighted by Gasteiger charge is -2.08. The fourth-order valence-corrected chi connectivity index (χ4v) is 1.60. The number of hydrogen-bond donors (Lipinski definition) is 3. The van der Waals surface area contributed by atoms with E-state index in [1.807, 2.05) is 6.92 Å². The van der Waals surface area contributed by atoms with Crippen molar-refractivity contribution >= 4 is 11.7 Å². The Bertz CT molecular complexity index is 372. The first kappa shape index (κ1) is 12.5. The predicted molar refractivity (Wildman–Crippen MR) is 63.5 cm³/mol. The summed E-state index contributed by atoms with van der Waals surface area (Å²) in [4.78, 5) is 11.3. The van der Waals surface area contributed by atoms with Crippen molar-refractivity contribution in [2.24, 2.45) is 12.8 Å². The molecule has 0 aliphatic carbocycles. The molecule has 90 valence electrons. The van der Waals surface area contributed by atoms with E-state index in [9.17, 15) is 4.79 Å². The van der Waals surface area contributed by atoms with Gasteiger partial charge in [0.2, 0.25) is 0 Å². The molecule has 6 nitrogen and oxygen atoms in total. The van der Waals surface area contributed by atoms with Gasteiger partial charge in [0.25, 0.3) is 5.91 Å². The van der Waals surface area contributed by atoms with Gasteiger partial charge < -0.3 is 16.4 Å². The number of amides is 1. The van der Waals surface area contributed by atoms with Gasteiger partial charge in [0.1, 0.15) is 11.4 Å². The molecule has 0 aromatic carbocycles. The molecule has 0 saturated heterocycles. The van der Waals surface area contributed by atoms with Gasteiger partial charge in [0, 0.05) is 20.1 Å². The molecule has 0 fully saturated rings. The first-order chi connectivity index (χ1) is 7.57. The second-order valence-corrected chi connectivity index (χ2v) is 3.58. The van der Waals surface area contributed by atoms with Crippen LogP contribution in [0.2, 0.25) is 0 Å². The number of carbonyl (C=O) groups is 1. The Morgan fingerprint density at radius 3 is 2.75 bits per heavy atom. The molecular formula is C10H19N5O. The lowest BCUT2D eigenvalue weighted by Crippen LogP contribution is -2.23. The number of carbonyl (C=O) groups excluding carboxylic acids is 1. The Morgan fingerprint density at radius 2 is 2.19 bits per heavy atom. The number of anilines is 1. The zero-order valence-corrected chi connectivity index (χ0v) is 10.0. The first-order valence-corrected chi connectivity index (χ1v) is 5.35. The summed E-state index contributed by atoms with van der Waals surface area (Å²) >= 11 is 0. The number of nitrogens with two attached hydrogens (primary N) is 1. The van der Waals surface area contributed by atoms with Crippen molar-refractivity contribution in [3.05, 3.63) is 11.3 Å². The molecular weight excluding hydrogens is 206 g/mol. The zero-order valence-electron chi connectivity index (χ0n) is 10.0. The Kier molecular flexibility index (Phi) is 4.30. The molecule has 1 amide bonds. The quantitative estimate of drug-likeness (QED) is 0.588. The van der Waals surface area contributed by atoms with Crippen LogP contribution in [0.5, 0.6) is 0 Å². The standard InChI is InChI=1S/C10H19N5O/c1-4-12-5-6-13-10-8(9(11)16)7(2)14-15(10)3/h12-13H,4-6H2,1-3H3,(H2,11,16). The van der Waals surface area contributed by atoms with Crippen LogP contribution in [-0.2, 0) is 7.05 Å². The molecule has 0 aliphatic rings. The number of aryl methyl sites for hydroxylation is 2. The zero-order chi connectivity index (χ0) is 12.1. The lowest BCUT2D eigenvalue weighted by atomic mass is 10.2. The molecule has 0 aliphatic heterocycles. The summed E-state index contributed by atoms with van der Waals surface area (Å²) in [5.74, 6) is 0.236. The highest BCUT2D eigenvalue weighted by Crippen LogP contribution is 2.17. The second-order valence-electron chi connectivity index (χ2n) is 3.58. The van der Waals surface area contributed by atoms with Gasteiger partial charge in [-0.1, -0.05) is 6.92 Å². The first-order valence-electron chi connectivity index (χ1n) is 5.35. The molecule has 6 heteroatoms. The van der Waals surface area contributed by atoms with Crippen LogP contribution in [0.25, 0.3) is 0 Å². The number of nitrogens with one attached hydrogen (secondary N) is 2. The van der Waals surface area contributed by atoms with E-state index in [0.717, 1.165) is 19.6 Å². The highest BCUT2D eigenvalue weighted by molar-refractivity contribution is 5.98. The van der Waals surface area contributed by atoms with Gasteiger partial charge in [-0.3, -0.25) is 9.48 Å². The average Bonchev–Trinajstić information content (AvgIpc) is 2.48. The topological polar surface area (TPSA) is 85.0 Å². The van der Waals surface area contributed by atoms with Crippen molar-refractivity contribution < 1.29 is 4.79 Å². The third-order valence-electron chi connectivity index (χ3n) is 2.31. The third-order valence-corrected chi connectivity index (χ3v) is 2.31. The van der Waals surface area contributed by atoms with Crippen LogP contribution in [0.1, 0.15) is 23.0 Å². The van der Waals surface area contributed by atoms with Crippen LogP contribution in [0.15, 0.2) is 0 Å². The summed E-state index contributed by atoms with van der Waals surface area (Å²) in [6.45, 7) is 6.30. The Morgan fingerprint density at radius 1 is 1.50 bits per heavy atom. The maximum absolute atomic E-state index is 11.3. The van der Waals surface area contributed by atoms with E-state index in [0.29, 0.717) is 17.1 Å². The van der Waals surface area contributed by atoms with Crippen molar-refractivity contribution in [3.63, 3.8) is 0 Å². The van der Waals surface area contributed by atoms with Crippen LogP contribution < -0.4 is 16.4 Å². The van der Waals surface area contributed by atoms with Gasteiger partial charge in [0.15, 0.2) is 0 Å². The van der Waals surface area contributed by atoms with Crippen molar-refractivity contribution in [2.75, 3.05) is 25.0 Å². The molecule has 0 bridgehead atoms. The minimum atomic E-state index is -0.448. The summed E-state index contributed by atoms with van der Waals surface area (Å²) in [6, 6.07) is 0.